The van der Waals surface area contributed by atoms with Crippen molar-refractivity contribution >= 4 is 17.9 Å². The molecular formula is C29H42O9. The summed E-state index contributed by atoms with van der Waals surface area (Å²) in [6, 6.07) is 0. The molecule has 1 saturated heterocycles. The summed E-state index contributed by atoms with van der Waals surface area (Å²) in [7, 11) is 1.27. The topological polar surface area (TPSA) is 129 Å². The Morgan fingerprint density at radius 3 is 2.66 bits per heavy atom. The highest BCUT2D eigenvalue weighted by Crippen LogP contribution is 2.64. The highest BCUT2D eigenvalue weighted by atomic mass is 16.7. The number of carbonyl (C=O) groups is 3. The van der Waals surface area contributed by atoms with E-state index in [9.17, 15) is 24.6 Å². The largest absolute Gasteiger partial charge is 0.508 e. The summed E-state index contributed by atoms with van der Waals surface area (Å²) < 4.78 is 22.7. The van der Waals surface area contributed by atoms with Crippen LogP contribution in [0.3, 0.4) is 0 Å². The molecule has 38 heavy (non-hydrogen) atoms. The molecule has 7 unspecified atom stereocenters. The molecule has 0 aromatic heterocycles. The van der Waals surface area contributed by atoms with E-state index in [0.29, 0.717) is 25.6 Å². The molecule has 0 aromatic carbocycles. The monoisotopic (exact) mass is 534 g/mol. The average Bonchev–Trinajstić information content (AvgIpc) is 2.87. The lowest BCUT2D eigenvalue weighted by molar-refractivity contribution is -0.219. The molecule has 5 rings (SSSR count). The van der Waals surface area contributed by atoms with Crippen molar-refractivity contribution in [2.45, 2.75) is 64.6 Å². The minimum atomic E-state index is -0.850. The molecule has 4 fully saturated rings. The van der Waals surface area contributed by atoms with E-state index >= 15 is 0 Å². The third-order valence-electron chi connectivity index (χ3n) is 10.3. The first-order valence-corrected chi connectivity index (χ1v) is 14.2. The SMILES string of the molecule is COC(=O)O[C@@H]1C[C@]23COCC(C2CCC2C3=CC(=O)C3C2CCC(CC(C)C)C3C(=O)O)[C@H]1OCCO. The Morgan fingerprint density at radius 2 is 1.97 bits per heavy atom. The van der Waals surface area contributed by atoms with E-state index in [2.05, 4.69) is 13.8 Å². The van der Waals surface area contributed by atoms with E-state index in [1.807, 2.05) is 0 Å². The third kappa shape index (κ3) is 4.58. The third-order valence-corrected chi connectivity index (χ3v) is 10.3. The molecule has 9 heteroatoms. The maximum Gasteiger partial charge on any atom is 0.508 e. The highest BCUT2D eigenvalue weighted by molar-refractivity contribution is 5.97. The van der Waals surface area contributed by atoms with E-state index in [1.165, 1.54) is 7.11 Å². The lowest BCUT2D eigenvalue weighted by atomic mass is 9.45. The first-order valence-electron chi connectivity index (χ1n) is 14.2. The number of fused-ring (bicyclic) bond motifs is 3. The van der Waals surface area contributed by atoms with Gasteiger partial charge in [-0.25, -0.2) is 4.79 Å². The first kappa shape index (κ1) is 27.6. The Kier molecular flexibility index (Phi) is 7.91. The molecule has 5 aliphatic rings. The van der Waals surface area contributed by atoms with Gasteiger partial charge in [0.2, 0.25) is 0 Å². The van der Waals surface area contributed by atoms with Gasteiger partial charge in [-0.15, -0.1) is 0 Å². The summed E-state index contributed by atoms with van der Waals surface area (Å²) in [6.07, 6.45) is 4.72. The predicted molar refractivity (Wildman–Crippen MR) is 135 cm³/mol. The van der Waals surface area contributed by atoms with Crippen molar-refractivity contribution in [2.75, 3.05) is 33.5 Å². The predicted octanol–water partition coefficient (Wildman–Crippen LogP) is 3.48. The fourth-order valence-corrected chi connectivity index (χ4v) is 9.12. The van der Waals surface area contributed by atoms with Crippen molar-refractivity contribution in [3.8, 4) is 0 Å². The second-order valence-electron chi connectivity index (χ2n) is 12.5. The summed E-state index contributed by atoms with van der Waals surface area (Å²) in [5.41, 5.74) is 0.591. The fraction of sp³-hybridized carbons (Fsp3) is 0.828. The van der Waals surface area contributed by atoms with Crippen LogP contribution in [0.25, 0.3) is 0 Å². The normalized spacial score (nSPS) is 41.9. The van der Waals surface area contributed by atoms with Crippen LogP contribution in [0.4, 0.5) is 4.79 Å². The number of allylic oxidation sites excluding steroid dienone is 1. The molecular weight excluding hydrogens is 492 g/mol. The van der Waals surface area contributed by atoms with Gasteiger partial charge in [-0.3, -0.25) is 9.59 Å². The molecule has 212 valence electrons. The van der Waals surface area contributed by atoms with E-state index in [4.69, 9.17) is 18.9 Å². The van der Waals surface area contributed by atoms with Crippen LogP contribution in [0, 0.1) is 52.8 Å². The van der Waals surface area contributed by atoms with Crippen LogP contribution in [0.5, 0.6) is 0 Å². The van der Waals surface area contributed by atoms with Crippen molar-refractivity contribution in [2.24, 2.45) is 52.8 Å². The summed E-state index contributed by atoms with van der Waals surface area (Å²) >= 11 is 0. The van der Waals surface area contributed by atoms with Gasteiger partial charge in [0.1, 0.15) is 6.10 Å². The average molecular weight is 535 g/mol. The standard InChI is InChI=1S/C29H42O9/c1-15(2)10-16-4-5-18-17-6-7-20-19-13-36-14-29(20,21(17)11-22(31)25(18)24(16)27(32)33)12-23(38-28(34)35-3)26(19)37-9-8-30/h11,15-20,23-26,30H,4-10,12-14H2,1-3H3,(H,32,33)/t16?,17?,18?,19?,20?,23-,24?,25?,26-,29+/m1/s1. The Labute approximate surface area is 224 Å². The molecule has 2 bridgehead atoms. The molecule has 0 amide bonds. The quantitative estimate of drug-likeness (QED) is 0.472. The van der Waals surface area contributed by atoms with E-state index < -0.39 is 41.6 Å². The molecule has 0 radical (unpaired) electrons. The van der Waals surface area contributed by atoms with Gasteiger partial charge in [-0.1, -0.05) is 19.4 Å². The molecule has 0 spiro atoms. The van der Waals surface area contributed by atoms with Crippen molar-refractivity contribution in [1.82, 2.24) is 0 Å². The summed E-state index contributed by atoms with van der Waals surface area (Å²) in [4.78, 5) is 38.6. The Hall–Kier alpha value is -1.97. The zero-order valence-corrected chi connectivity index (χ0v) is 22.7. The Bertz CT molecular complexity index is 960. The van der Waals surface area contributed by atoms with Gasteiger partial charge in [0.15, 0.2) is 5.78 Å². The number of aliphatic hydroxyl groups excluding tert-OH is 1. The molecule has 0 aromatic rings. The van der Waals surface area contributed by atoms with Gasteiger partial charge >= 0.3 is 12.1 Å². The second kappa shape index (κ2) is 10.9. The number of ether oxygens (including phenoxy) is 4. The van der Waals surface area contributed by atoms with Crippen molar-refractivity contribution in [1.29, 1.82) is 0 Å². The van der Waals surface area contributed by atoms with Gasteiger partial charge in [0.05, 0.1) is 45.6 Å². The highest BCUT2D eigenvalue weighted by Gasteiger charge is 2.64. The maximum absolute atomic E-state index is 13.8. The number of ketones is 1. The zero-order valence-electron chi connectivity index (χ0n) is 22.7. The van der Waals surface area contributed by atoms with Crippen LogP contribution in [0.1, 0.15) is 52.4 Å². The number of aliphatic hydroxyl groups is 1. The lowest BCUT2D eigenvalue weighted by Crippen LogP contribution is -2.64. The van der Waals surface area contributed by atoms with Crippen molar-refractivity contribution in [3.63, 3.8) is 0 Å². The van der Waals surface area contributed by atoms with Crippen LogP contribution in [0.2, 0.25) is 0 Å². The van der Waals surface area contributed by atoms with E-state index in [1.54, 1.807) is 6.08 Å². The van der Waals surface area contributed by atoms with Crippen molar-refractivity contribution < 1.29 is 43.5 Å². The maximum atomic E-state index is 13.8. The van der Waals surface area contributed by atoms with Crippen LogP contribution in [0.15, 0.2) is 11.6 Å². The molecule has 1 heterocycles. The summed E-state index contributed by atoms with van der Waals surface area (Å²) in [6.45, 7) is 5.10. The number of carboxylic acids is 1. The zero-order chi connectivity index (χ0) is 27.2. The number of rotatable bonds is 7. The number of carboxylic acid groups (broad SMARTS) is 1. The molecule has 3 saturated carbocycles. The number of hydrogen-bond donors (Lipinski definition) is 2. The second-order valence-corrected chi connectivity index (χ2v) is 12.5. The molecule has 9 nitrogen and oxygen atoms in total. The number of methoxy groups -OCH3 is 1. The van der Waals surface area contributed by atoms with Gasteiger partial charge < -0.3 is 29.2 Å². The van der Waals surface area contributed by atoms with Crippen molar-refractivity contribution in [3.05, 3.63) is 11.6 Å². The minimum Gasteiger partial charge on any atom is -0.481 e. The Morgan fingerprint density at radius 1 is 1.18 bits per heavy atom. The Balaban J connectivity index is 1.51. The first-order chi connectivity index (χ1) is 18.2. The summed E-state index contributed by atoms with van der Waals surface area (Å²) in [5.74, 6) is -1.40. The number of carbonyl (C=O) groups excluding carboxylic acids is 2. The summed E-state index contributed by atoms with van der Waals surface area (Å²) in [5, 5.41) is 19.7. The molecule has 4 aliphatic carbocycles. The molecule has 10 atom stereocenters. The number of hydrogen-bond acceptors (Lipinski definition) is 8. The molecule has 2 N–H and O–H groups in total. The van der Waals surface area contributed by atoms with Gasteiger partial charge in [-0.2, -0.15) is 0 Å². The molecule has 1 aliphatic heterocycles. The smallest absolute Gasteiger partial charge is 0.481 e. The van der Waals surface area contributed by atoms with Crippen LogP contribution in [-0.2, 0) is 28.5 Å². The van der Waals surface area contributed by atoms with Crippen LogP contribution < -0.4 is 0 Å². The lowest BCUT2D eigenvalue weighted by Gasteiger charge is -2.62. The van der Waals surface area contributed by atoms with Gasteiger partial charge in [-0.05, 0) is 74.2 Å². The van der Waals surface area contributed by atoms with E-state index in [0.717, 1.165) is 37.7 Å². The van der Waals surface area contributed by atoms with Gasteiger partial charge in [0, 0.05) is 17.3 Å². The van der Waals surface area contributed by atoms with Crippen LogP contribution >= 0.6 is 0 Å². The van der Waals surface area contributed by atoms with E-state index in [-0.39, 0.29) is 48.6 Å². The minimum absolute atomic E-state index is 0.00560. The number of aliphatic carboxylic acids is 1. The fourth-order valence-electron chi connectivity index (χ4n) is 9.12. The van der Waals surface area contributed by atoms with Gasteiger partial charge in [0.25, 0.3) is 0 Å². The van der Waals surface area contributed by atoms with Crippen LogP contribution in [-0.4, -0.2) is 73.9 Å².